The van der Waals surface area contributed by atoms with E-state index in [1.807, 2.05) is 75.8 Å². The first-order valence-corrected chi connectivity index (χ1v) is 15.9. The number of amides is 1. The Kier molecular flexibility index (Phi) is 12.2. The first-order valence-electron chi connectivity index (χ1n) is 14.7. The van der Waals surface area contributed by atoms with E-state index in [9.17, 15) is 4.79 Å². The van der Waals surface area contributed by atoms with Crippen molar-refractivity contribution in [3.8, 4) is 5.75 Å². The Morgan fingerprint density at radius 1 is 1.00 bits per heavy atom. The van der Waals surface area contributed by atoms with E-state index < -0.39 is 0 Å². The number of anilines is 4. The molecule has 45 heavy (non-hydrogen) atoms. The number of rotatable bonds is 13. The fourth-order valence-electron chi connectivity index (χ4n) is 4.54. The third-order valence-electron chi connectivity index (χ3n) is 7.16. The number of nitrogens with zero attached hydrogens (tertiary/aromatic N) is 2. The number of ether oxygens (including phenoxy) is 1. The molecule has 0 aliphatic carbocycles. The molecule has 0 saturated carbocycles. The molecular formula is C34H48N8O2S. The Balaban J connectivity index is 1.94. The van der Waals surface area contributed by atoms with Gasteiger partial charge in [0.05, 0.1) is 35.6 Å². The highest BCUT2D eigenvalue weighted by Gasteiger charge is 2.22. The lowest BCUT2D eigenvalue weighted by Gasteiger charge is -2.24. The number of nitrogens with one attached hydrogen (secondary N) is 3. The summed E-state index contributed by atoms with van der Waals surface area (Å²) < 4.78 is 8.97. The number of carbonyl (C=O) groups excluding carboxylic acids is 1. The second kappa shape index (κ2) is 15.6. The molecule has 1 amide bonds. The van der Waals surface area contributed by atoms with E-state index in [2.05, 4.69) is 41.0 Å². The lowest BCUT2D eigenvalue weighted by atomic mass is 9.86. The predicted molar refractivity (Wildman–Crippen MR) is 191 cm³/mol. The molecular weight excluding hydrogens is 584 g/mol. The Labute approximate surface area is 272 Å². The minimum absolute atomic E-state index is 0.150. The van der Waals surface area contributed by atoms with Crippen LogP contribution in [-0.4, -0.2) is 44.8 Å². The van der Waals surface area contributed by atoms with Gasteiger partial charge in [-0.3, -0.25) is 9.80 Å². The van der Waals surface area contributed by atoms with Gasteiger partial charge in [0, 0.05) is 42.4 Å². The fourth-order valence-corrected chi connectivity index (χ4v) is 4.91. The largest absolute Gasteiger partial charge is 0.492 e. The lowest BCUT2D eigenvalue weighted by molar-refractivity contribution is 0.102. The van der Waals surface area contributed by atoms with E-state index >= 15 is 0 Å². The second-order valence-electron chi connectivity index (χ2n) is 12.0. The first-order chi connectivity index (χ1) is 21.2. The highest BCUT2D eigenvalue weighted by molar-refractivity contribution is 7.99. The zero-order valence-electron chi connectivity index (χ0n) is 27.6. The molecule has 0 aromatic heterocycles. The van der Waals surface area contributed by atoms with Crippen molar-refractivity contribution in [3.05, 3.63) is 101 Å². The number of carbonyl (C=O) groups is 1. The molecule has 0 fully saturated rings. The molecule has 0 aliphatic heterocycles. The van der Waals surface area contributed by atoms with Crippen LogP contribution in [0.25, 0.3) is 0 Å². The monoisotopic (exact) mass is 632 g/mol. The van der Waals surface area contributed by atoms with Gasteiger partial charge in [0.1, 0.15) is 0 Å². The van der Waals surface area contributed by atoms with Crippen LogP contribution in [0.3, 0.4) is 0 Å². The summed E-state index contributed by atoms with van der Waals surface area (Å²) in [5.41, 5.74) is 19.5. The molecule has 242 valence electrons. The molecule has 3 aromatic carbocycles. The Morgan fingerprint density at radius 2 is 1.67 bits per heavy atom. The fraction of sp³-hybridized carbons (Fsp3) is 0.324. The molecule has 0 spiro atoms. The molecule has 0 saturated heterocycles. The van der Waals surface area contributed by atoms with Gasteiger partial charge in [-0.1, -0.05) is 57.0 Å². The minimum atomic E-state index is -0.307. The maximum Gasteiger partial charge on any atom is 0.255 e. The minimum Gasteiger partial charge on any atom is -0.492 e. The number of hydrazine groups is 1. The number of hydrogen-bond donors (Lipinski definition) is 6. The van der Waals surface area contributed by atoms with Crippen molar-refractivity contribution in [2.75, 3.05) is 54.4 Å². The van der Waals surface area contributed by atoms with Crippen LogP contribution in [-0.2, 0) is 5.41 Å². The maximum atomic E-state index is 13.6. The summed E-state index contributed by atoms with van der Waals surface area (Å²) in [7, 11) is 5.59. The second-order valence-corrected chi connectivity index (χ2v) is 12.7. The molecule has 0 bridgehead atoms. The first kappa shape index (κ1) is 35.2. The van der Waals surface area contributed by atoms with Gasteiger partial charge in [0.25, 0.3) is 5.91 Å². The van der Waals surface area contributed by atoms with Gasteiger partial charge >= 0.3 is 0 Å². The molecule has 0 aliphatic rings. The Bertz CT molecular complexity index is 1530. The molecule has 0 unspecified atom stereocenters. The van der Waals surface area contributed by atoms with Crippen molar-refractivity contribution >= 4 is 40.6 Å². The Hall–Kier alpha value is -4.32. The van der Waals surface area contributed by atoms with Crippen LogP contribution >= 0.6 is 11.9 Å². The van der Waals surface area contributed by atoms with Crippen LogP contribution in [0.15, 0.2) is 84.0 Å². The topological polar surface area (TPSA) is 147 Å². The SMILES string of the molecule is COc1c(NSC)cc(C(C)(C)C)cc1NC(=O)c1ccc(C)c(N(N)/C=C(N)/C(N)=C(\CCN(C)C)Nc2ccccc2)c1. The summed E-state index contributed by atoms with van der Waals surface area (Å²) in [5, 5.41) is 7.83. The van der Waals surface area contributed by atoms with Gasteiger partial charge < -0.3 is 36.5 Å². The quantitative estimate of drug-likeness (QED) is 0.0578. The molecule has 0 radical (unpaired) electrons. The standard InChI is InChI=1S/C34H48N8O2S/c1-22-14-15-23(33(43)39-28-19-24(34(2,3)4)20-29(40-45-8)32(28)44-7)18-30(22)42(37)21-26(35)31(36)27(16-17-41(5)6)38-25-12-10-9-11-13-25/h9-15,18-21,38,40H,16-17,35-37H2,1-8H3,(H,39,43)/b26-21-,31-27-. The average Bonchev–Trinajstić information content (AvgIpc) is 2.99. The third kappa shape index (κ3) is 9.58. The molecule has 11 heteroatoms. The number of benzene rings is 3. The van der Waals surface area contributed by atoms with Crippen LogP contribution in [0.1, 0.15) is 48.7 Å². The number of aryl methyl sites for hydroxylation is 1. The van der Waals surface area contributed by atoms with Crippen molar-refractivity contribution in [2.45, 2.75) is 39.5 Å². The summed E-state index contributed by atoms with van der Waals surface area (Å²) in [6, 6.07) is 19.1. The summed E-state index contributed by atoms with van der Waals surface area (Å²) in [6.45, 7) is 9.04. The van der Waals surface area contributed by atoms with Gasteiger partial charge in [-0.25, -0.2) is 5.84 Å². The van der Waals surface area contributed by atoms with Crippen LogP contribution in [0.5, 0.6) is 5.75 Å². The summed E-state index contributed by atoms with van der Waals surface area (Å²) in [6.07, 6.45) is 4.15. The highest BCUT2D eigenvalue weighted by atomic mass is 32.2. The predicted octanol–water partition coefficient (Wildman–Crippen LogP) is 5.96. The summed E-state index contributed by atoms with van der Waals surface area (Å²) >= 11 is 1.45. The normalized spacial score (nSPS) is 12.4. The van der Waals surface area contributed by atoms with Crippen molar-refractivity contribution in [2.24, 2.45) is 17.3 Å². The van der Waals surface area contributed by atoms with Crippen LogP contribution in [0.2, 0.25) is 0 Å². The lowest BCUT2D eigenvalue weighted by Crippen LogP contribution is -2.29. The summed E-state index contributed by atoms with van der Waals surface area (Å²) in [5.74, 6) is 6.75. The van der Waals surface area contributed by atoms with E-state index in [1.54, 1.807) is 25.4 Å². The van der Waals surface area contributed by atoms with E-state index in [0.29, 0.717) is 40.5 Å². The van der Waals surface area contributed by atoms with E-state index in [4.69, 9.17) is 22.0 Å². The van der Waals surface area contributed by atoms with Gasteiger partial charge in [-0.05, 0) is 74.0 Å². The number of para-hydroxylation sites is 1. The van der Waals surface area contributed by atoms with Gasteiger partial charge in [-0.15, -0.1) is 0 Å². The molecule has 3 aromatic rings. The van der Waals surface area contributed by atoms with Crippen molar-refractivity contribution in [3.63, 3.8) is 0 Å². The van der Waals surface area contributed by atoms with Crippen molar-refractivity contribution < 1.29 is 9.53 Å². The van der Waals surface area contributed by atoms with Crippen molar-refractivity contribution in [1.29, 1.82) is 0 Å². The highest BCUT2D eigenvalue weighted by Crippen LogP contribution is 2.39. The van der Waals surface area contributed by atoms with Crippen LogP contribution in [0, 0.1) is 6.92 Å². The Morgan fingerprint density at radius 3 is 2.27 bits per heavy atom. The zero-order valence-corrected chi connectivity index (χ0v) is 28.4. The van der Waals surface area contributed by atoms with Crippen LogP contribution in [0.4, 0.5) is 22.7 Å². The third-order valence-corrected chi connectivity index (χ3v) is 7.59. The van der Waals surface area contributed by atoms with Crippen molar-refractivity contribution in [1.82, 2.24) is 4.90 Å². The van der Waals surface area contributed by atoms with Gasteiger partial charge in [0.2, 0.25) is 0 Å². The molecule has 0 heterocycles. The summed E-state index contributed by atoms with van der Waals surface area (Å²) in [4.78, 5) is 15.7. The van der Waals surface area contributed by atoms with E-state index in [0.717, 1.165) is 34.7 Å². The van der Waals surface area contributed by atoms with E-state index in [1.165, 1.54) is 17.0 Å². The van der Waals surface area contributed by atoms with Crippen LogP contribution < -0.4 is 42.4 Å². The zero-order chi connectivity index (χ0) is 33.3. The number of methoxy groups -OCH3 is 1. The van der Waals surface area contributed by atoms with Gasteiger partial charge in [0.15, 0.2) is 5.75 Å². The molecule has 0 atom stereocenters. The smallest absolute Gasteiger partial charge is 0.255 e. The van der Waals surface area contributed by atoms with E-state index in [-0.39, 0.29) is 11.3 Å². The number of hydrogen-bond acceptors (Lipinski definition) is 10. The molecule has 9 N–H and O–H groups in total. The molecule has 3 rings (SSSR count). The maximum absolute atomic E-state index is 13.6. The average molecular weight is 633 g/mol. The van der Waals surface area contributed by atoms with Gasteiger partial charge in [-0.2, -0.15) is 0 Å². The molecule has 10 nitrogen and oxygen atoms in total. The number of nitrogens with two attached hydrogens (primary N) is 3.